The van der Waals surface area contributed by atoms with E-state index in [0.29, 0.717) is 12.4 Å². The molecular formula is C18H20O4. The first-order valence-corrected chi connectivity index (χ1v) is 7.50. The number of hydrogen-bond donors (Lipinski definition) is 1. The predicted octanol–water partition coefficient (Wildman–Crippen LogP) is 3.87. The topological polar surface area (TPSA) is 47.9 Å². The Morgan fingerprint density at radius 2 is 2.09 bits per heavy atom. The number of aryl methyl sites for hydroxylation is 1. The average molecular weight is 300 g/mol. The second-order valence-electron chi connectivity index (χ2n) is 5.27. The number of phenolic OH excluding ortho intramolecular Hbond substituents is 1. The Morgan fingerprint density at radius 1 is 1.23 bits per heavy atom. The van der Waals surface area contributed by atoms with Crippen molar-refractivity contribution < 1.29 is 19.3 Å². The molecule has 3 rings (SSSR count). The number of benzene rings is 2. The fraction of sp³-hybridized carbons (Fsp3) is 0.333. The zero-order chi connectivity index (χ0) is 15.5. The molecule has 0 amide bonds. The molecule has 22 heavy (non-hydrogen) atoms. The Hall–Kier alpha value is -2.36. The highest BCUT2D eigenvalue weighted by molar-refractivity contribution is 5.46. The van der Waals surface area contributed by atoms with Gasteiger partial charge in [-0.15, -0.1) is 0 Å². The Kier molecular flexibility index (Phi) is 4.09. The van der Waals surface area contributed by atoms with Crippen molar-refractivity contribution in [3.05, 3.63) is 47.5 Å². The van der Waals surface area contributed by atoms with Gasteiger partial charge in [0.15, 0.2) is 0 Å². The minimum Gasteiger partial charge on any atom is -0.508 e. The molecule has 0 radical (unpaired) electrons. The molecule has 4 nitrogen and oxygen atoms in total. The van der Waals surface area contributed by atoms with Gasteiger partial charge in [0.25, 0.3) is 0 Å². The van der Waals surface area contributed by atoms with Crippen LogP contribution >= 0.6 is 0 Å². The summed E-state index contributed by atoms with van der Waals surface area (Å²) in [5.41, 5.74) is 2.14. The molecule has 1 aliphatic rings. The highest BCUT2D eigenvalue weighted by Crippen LogP contribution is 2.40. The van der Waals surface area contributed by atoms with Crippen molar-refractivity contribution in [3.8, 4) is 23.0 Å². The van der Waals surface area contributed by atoms with Crippen LogP contribution in [0.4, 0.5) is 0 Å². The Labute approximate surface area is 130 Å². The lowest BCUT2D eigenvalue weighted by molar-refractivity contribution is 0.171. The van der Waals surface area contributed by atoms with Crippen LogP contribution in [0.3, 0.4) is 0 Å². The normalized spacial score (nSPS) is 16.5. The Morgan fingerprint density at radius 3 is 2.86 bits per heavy atom. The Bertz CT molecular complexity index is 666. The maximum atomic E-state index is 9.58. The van der Waals surface area contributed by atoms with Crippen LogP contribution in [0, 0.1) is 0 Å². The highest BCUT2D eigenvalue weighted by Gasteiger charge is 2.24. The van der Waals surface area contributed by atoms with Gasteiger partial charge in [0.2, 0.25) is 0 Å². The molecule has 1 aliphatic heterocycles. The number of methoxy groups -OCH3 is 1. The van der Waals surface area contributed by atoms with Crippen molar-refractivity contribution in [2.75, 3.05) is 13.7 Å². The van der Waals surface area contributed by atoms with Gasteiger partial charge in [0.05, 0.1) is 13.7 Å². The molecule has 1 N–H and O–H groups in total. The summed E-state index contributed by atoms with van der Waals surface area (Å²) in [5.74, 6) is 2.52. The minimum atomic E-state index is -0.0834. The molecule has 0 aliphatic carbocycles. The van der Waals surface area contributed by atoms with Crippen molar-refractivity contribution >= 4 is 0 Å². The van der Waals surface area contributed by atoms with Gasteiger partial charge < -0.3 is 19.3 Å². The molecule has 0 spiro atoms. The van der Waals surface area contributed by atoms with Crippen LogP contribution < -0.4 is 14.2 Å². The molecule has 2 aromatic carbocycles. The quantitative estimate of drug-likeness (QED) is 0.931. The van der Waals surface area contributed by atoms with E-state index in [2.05, 4.69) is 6.07 Å². The summed E-state index contributed by atoms with van der Waals surface area (Å²) < 4.78 is 17.0. The third kappa shape index (κ3) is 2.82. The standard InChI is InChI=1S/C18H20O4/c1-3-21-14-7-4-12-5-9-16(22-17(12)11-14)15-8-6-13(19)10-18(15)20-2/h4,6-8,10-11,16,19H,3,5,9H2,1-2H3. The maximum absolute atomic E-state index is 9.58. The van der Waals surface area contributed by atoms with Gasteiger partial charge in [-0.05, 0) is 43.5 Å². The molecule has 4 heteroatoms. The van der Waals surface area contributed by atoms with Gasteiger partial charge in [-0.2, -0.15) is 0 Å². The fourth-order valence-electron chi connectivity index (χ4n) is 2.79. The van der Waals surface area contributed by atoms with Gasteiger partial charge >= 0.3 is 0 Å². The second kappa shape index (κ2) is 6.18. The average Bonchev–Trinajstić information content (AvgIpc) is 2.54. The number of ether oxygens (including phenoxy) is 3. The van der Waals surface area contributed by atoms with Crippen molar-refractivity contribution in [1.82, 2.24) is 0 Å². The summed E-state index contributed by atoms with van der Waals surface area (Å²) in [6.45, 7) is 2.60. The number of rotatable bonds is 4. The van der Waals surface area contributed by atoms with Crippen LogP contribution in [-0.2, 0) is 6.42 Å². The maximum Gasteiger partial charge on any atom is 0.129 e. The van der Waals surface area contributed by atoms with Gasteiger partial charge in [-0.25, -0.2) is 0 Å². The lowest BCUT2D eigenvalue weighted by Crippen LogP contribution is -2.16. The molecular weight excluding hydrogens is 280 g/mol. The summed E-state index contributed by atoms with van der Waals surface area (Å²) in [4.78, 5) is 0. The molecule has 1 unspecified atom stereocenters. The van der Waals surface area contributed by atoms with Crippen molar-refractivity contribution in [1.29, 1.82) is 0 Å². The van der Waals surface area contributed by atoms with Crippen molar-refractivity contribution in [3.63, 3.8) is 0 Å². The number of hydrogen-bond acceptors (Lipinski definition) is 4. The first-order valence-electron chi connectivity index (χ1n) is 7.50. The largest absolute Gasteiger partial charge is 0.508 e. The smallest absolute Gasteiger partial charge is 0.129 e. The van der Waals surface area contributed by atoms with E-state index in [4.69, 9.17) is 14.2 Å². The van der Waals surface area contributed by atoms with E-state index in [-0.39, 0.29) is 11.9 Å². The lowest BCUT2D eigenvalue weighted by Gasteiger charge is -2.27. The fourth-order valence-corrected chi connectivity index (χ4v) is 2.79. The van der Waals surface area contributed by atoms with E-state index < -0.39 is 0 Å². The van der Waals surface area contributed by atoms with Crippen molar-refractivity contribution in [2.45, 2.75) is 25.9 Å². The summed E-state index contributed by atoms with van der Waals surface area (Å²) in [6.07, 6.45) is 1.73. The van der Waals surface area contributed by atoms with E-state index in [1.807, 2.05) is 25.1 Å². The van der Waals surface area contributed by atoms with Crippen LogP contribution in [0.15, 0.2) is 36.4 Å². The van der Waals surface area contributed by atoms with E-state index in [0.717, 1.165) is 29.9 Å². The zero-order valence-corrected chi connectivity index (χ0v) is 12.8. The summed E-state index contributed by atoms with van der Waals surface area (Å²) in [7, 11) is 1.60. The highest BCUT2D eigenvalue weighted by atomic mass is 16.5. The minimum absolute atomic E-state index is 0.0834. The molecule has 0 saturated carbocycles. The zero-order valence-electron chi connectivity index (χ0n) is 12.8. The van der Waals surface area contributed by atoms with Crippen LogP contribution in [-0.4, -0.2) is 18.8 Å². The number of aromatic hydroxyl groups is 1. The van der Waals surface area contributed by atoms with Gasteiger partial charge in [-0.3, -0.25) is 0 Å². The third-order valence-electron chi connectivity index (χ3n) is 3.86. The molecule has 0 saturated heterocycles. The van der Waals surface area contributed by atoms with Gasteiger partial charge in [0.1, 0.15) is 29.1 Å². The van der Waals surface area contributed by atoms with Gasteiger partial charge in [0, 0.05) is 17.7 Å². The van der Waals surface area contributed by atoms with Crippen LogP contribution in [0.25, 0.3) is 0 Å². The third-order valence-corrected chi connectivity index (χ3v) is 3.86. The molecule has 0 bridgehead atoms. The summed E-state index contributed by atoms with van der Waals surface area (Å²) >= 11 is 0. The van der Waals surface area contributed by atoms with Crippen LogP contribution in [0.5, 0.6) is 23.0 Å². The van der Waals surface area contributed by atoms with E-state index >= 15 is 0 Å². The van der Waals surface area contributed by atoms with Gasteiger partial charge in [-0.1, -0.05) is 6.07 Å². The Balaban J connectivity index is 1.88. The molecule has 0 fully saturated rings. The summed E-state index contributed by atoms with van der Waals surface area (Å²) in [5, 5.41) is 9.58. The second-order valence-corrected chi connectivity index (χ2v) is 5.27. The molecule has 1 atom stereocenters. The van der Waals surface area contributed by atoms with E-state index in [1.165, 1.54) is 5.56 Å². The number of fused-ring (bicyclic) bond motifs is 1. The SMILES string of the molecule is CCOc1ccc2c(c1)OC(c1ccc(O)cc1OC)CC2. The molecule has 0 aromatic heterocycles. The monoisotopic (exact) mass is 300 g/mol. The first kappa shape index (κ1) is 14.6. The predicted molar refractivity (Wildman–Crippen MR) is 84.0 cm³/mol. The molecule has 116 valence electrons. The van der Waals surface area contributed by atoms with Crippen LogP contribution in [0.1, 0.15) is 30.6 Å². The number of phenols is 1. The van der Waals surface area contributed by atoms with E-state index in [9.17, 15) is 5.11 Å². The van der Waals surface area contributed by atoms with E-state index in [1.54, 1.807) is 19.2 Å². The lowest BCUT2D eigenvalue weighted by atomic mass is 9.96. The molecule has 1 heterocycles. The first-order chi connectivity index (χ1) is 10.7. The van der Waals surface area contributed by atoms with Crippen LogP contribution in [0.2, 0.25) is 0 Å². The summed E-state index contributed by atoms with van der Waals surface area (Å²) in [6, 6.07) is 11.1. The van der Waals surface area contributed by atoms with Crippen molar-refractivity contribution in [2.24, 2.45) is 0 Å². The molecule has 2 aromatic rings.